The highest BCUT2D eigenvalue weighted by molar-refractivity contribution is 5.86. The number of carbonyl (C=O) groups is 2. The maximum Gasteiger partial charge on any atom is 0.302 e. The van der Waals surface area contributed by atoms with E-state index in [1.165, 1.54) is 14.0 Å². The van der Waals surface area contributed by atoms with Gasteiger partial charge in [-0.05, 0) is 12.0 Å². The summed E-state index contributed by atoms with van der Waals surface area (Å²) < 4.78 is 9.78. The van der Waals surface area contributed by atoms with Gasteiger partial charge in [0.05, 0.1) is 12.7 Å². The van der Waals surface area contributed by atoms with Crippen molar-refractivity contribution in [3.63, 3.8) is 0 Å². The van der Waals surface area contributed by atoms with E-state index < -0.39 is 17.3 Å². The quantitative estimate of drug-likeness (QED) is 0.726. The first-order valence-corrected chi connectivity index (χ1v) is 6.90. The molecule has 0 radical (unpaired) electrons. The summed E-state index contributed by atoms with van der Waals surface area (Å²) in [5.74, 6) is -1.05. The highest BCUT2D eigenvalue weighted by atomic mass is 16.5. The second-order valence-corrected chi connectivity index (χ2v) is 4.90. The minimum atomic E-state index is -1.53. The van der Waals surface area contributed by atoms with Crippen LogP contribution in [0.4, 0.5) is 0 Å². The Morgan fingerprint density at radius 2 is 1.95 bits per heavy atom. The second-order valence-electron chi connectivity index (χ2n) is 4.90. The number of benzene rings is 1. The molecule has 1 N–H and O–H groups in total. The lowest BCUT2D eigenvalue weighted by molar-refractivity contribution is -0.148. The molecule has 0 aliphatic carbocycles. The van der Waals surface area contributed by atoms with Crippen LogP contribution in [0.1, 0.15) is 12.5 Å². The van der Waals surface area contributed by atoms with Crippen molar-refractivity contribution >= 4 is 11.9 Å². The molecule has 0 aliphatic heterocycles. The van der Waals surface area contributed by atoms with Gasteiger partial charge in [0, 0.05) is 20.6 Å². The number of hydrogen-bond donors (Lipinski definition) is 1. The summed E-state index contributed by atoms with van der Waals surface area (Å²) in [7, 11) is 1.39. The van der Waals surface area contributed by atoms with E-state index in [2.05, 4.69) is 5.32 Å². The first kappa shape index (κ1) is 17.7. The smallest absolute Gasteiger partial charge is 0.302 e. The number of methoxy groups -OCH3 is 1. The number of carbonyl (C=O) groups excluding carboxylic acids is 2. The molecule has 0 aromatic heterocycles. The van der Waals surface area contributed by atoms with E-state index in [1.54, 1.807) is 0 Å². The van der Waals surface area contributed by atoms with Crippen molar-refractivity contribution in [3.8, 4) is 6.07 Å². The van der Waals surface area contributed by atoms with Gasteiger partial charge >= 0.3 is 5.97 Å². The Hall–Kier alpha value is -2.39. The van der Waals surface area contributed by atoms with E-state index in [0.29, 0.717) is 13.0 Å². The monoisotopic (exact) mass is 304 g/mol. The van der Waals surface area contributed by atoms with Crippen LogP contribution < -0.4 is 5.32 Å². The highest BCUT2D eigenvalue weighted by Crippen LogP contribution is 2.18. The summed E-state index contributed by atoms with van der Waals surface area (Å²) in [4.78, 5) is 23.2. The van der Waals surface area contributed by atoms with Crippen LogP contribution in [0, 0.1) is 16.7 Å². The molecule has 1 unspecified atom stereocenters. The van der Waals surface area contributed by atoms with Gasteiger partial charge in [0.15, 0.2) is 5.41 Å². The molecule has 0 aliphatic rings. The predicted molar refractivity (Wildman–Crippen MR) is 79.7 cm³/mol. The molecule has 0 fully saturated rings. The molecule has 1 aromatic rings. The van der Waals surface area contributed by atoms with E-state index in [1.807, 2.05) is 36.4 Å². The fourth-order valence-corrected chi connectivity index (χ4v) is 1.89. The number of amides is 1. The third kappa shape index (κ3) is 5.19. The summed E-state index contributed by atoms with van der Waals surface area (Å²) in [5.41, 5.74) is -0.450. The highest BCUT2D eigenvalue weighted by Gasteiger charge is 2.40. The third-order valence-corrected chi connectivity index (χ3v) is 3.10. The molecule has 0 spiro atoms. The van der Waals surface area contributed by atoms with Gasteiger partial charge in [-0.1, -0.05) is 30.3 Å². The van der Waals surface area contributed by atoms with Crippen molar-refractivity contribution < 1.29 is 19.1 Å². The molecule has 0 saturated carbocycles. The lowest BCUT2D eigenvalue weighted by Gasteiger charge is -2.24. The van der Waals surface area contributed by atoms with Crippen molar-refractivity contribution in [3.05, 3.63) is 35.9 Å². The third-order valence-electron chi connectivity index (χ3n) is 3.10. The van der Waals surface area contributed by atoms with Crippen LogP contribution in [0.15, 0.2) is 30.3 Å². The number of rotatable bonds is 8. The Labute approximate surface area is 130 Å². The van der Waals surface area contributed by atoms with Crippen LogP contribution in [-0.4, -0.2) is 38.7 Å². The van der Waals surface area contributed by atoms with Crippen molar-refractivity contribution in [2.24, 2.45) is 5.41 Å². The molecule has 1 atom stereocenters. The van der Waals surface area contributed by atoms with Crippen LogP contribution in [-0.2, 0) is 25.5 Å². The molecule has 6 heteroatoms. The standard InChI is InChI=1S/C16H20N2O4/c1-13(19)22-12-16(10-17,11-21-2)15(20)18-9-8-14-6-4-3-5-7-14/h3-7H,8-9,11-12H2,1-2H3,(H,18,20). The predicted octanol–water partition coefficient (Wildman–Crippen LogP) is 1.06. The van der Waals surface area contributed by atoms with Crippen LogP contribution in [0.5, 0.6) is 0 Å². The van der Waals surface area contributed by atoms with E-state index in [4.69, 9.17) is 9.47 Å². The van der Waals surface area contributed by atoms with Crippen LogP contribution in [0.2, 0.25) is 0 Å². The Kier molecular flexibility index (Phi) is 7.06. The Morgan fingerprint density at radius 1 is 1.27 bits per heavy atom. The van der Waals surface area contributed by atoms with Crippen molar-refractivity contribution in [2.45, 2.75) is 13.3 Å². The number of esters is 1. The lowest BCUT2D eigenvalue weighted by atomic mass is 9.90. The molecule has 6 nitrogen and oxygen atoms in total. The number of hydrogen-bond acceptors (Lipinski definition) is 5. The number of nitrogens with one attached hydrogen (secondary N) is 1. The maximum atomic E-state index is 12.3. The van der Waals surface area contributed by atoms with Crippen LogP contribution >= 0.6 is 0 Å². The van der Waals surface area contributed by atoms with Gasteiger partial charge in [0.1, 0.15) is 6.61 Å². The average molecular weight is 304 g/mol. The minimum absolute atomic E-state index is 0.145. The molecule has 0 saturated heterocycles. The lowest BCUT2D eigenvalue weighted by Crippen LogP contribution is -2.47. The topological polar surface area (TPSA) is 88.4 Å². The number of ether oxygens (including phenoxy) is 2. The summed E-state index contributed by atoms with van der Waals surface area (Å²) in [6.45, 7) is 1.14. The average Bonchev–Trinajstić information content (AvgIpc) is 2.52. The van der Waals surface area contributed by atoms with E-state index in [9.17, 15) is 14.9 Å². The van der Waals surface area contributed by atoms with Gasteiger partial charge in [-0.2, -0.15) is 5.26 Å². The summed E-state index contributed by atoms with van der Waals surface area (Å²) >= 11 is 0. The molecule has 1 aromatic carbocycles. The fraction of sp³-hybridized carbons (Fsp3) is 0.438. The van der Waals surface area contributed by atoms with Crippen LogP contribution in [0.25, 0.3) is 0 Å². The number of nitrogens with zero attached hydrogens (tertiary/aromatic N) is 1. The largest absolute Gasteiger partial charge is 0.464 e. The Bertz CT molecular complexity index is 539. The van der Waals surface area contributed by atoms with Gasteiger partial charge in [-0.25, -0.2) is 0 Å². The molecule has 1 rings (SSSR count). The van der Waals surface area contributed by atoms with Gasteiger partial charge < -0.3 is 14.8 Å². The summed E-state index contributed by atoms with van der Waals surface area (Å²) in [6.07, 6.45) is 0.647. The van der Waals surface area contributed by atoms with Gasteiger partial charge in [-0.15, -0.1) is 0 Å². The molecule has 0 bridgehead atoms. The SMILES string of the molecule is COCC(C#N)(COC(C)=O)C(=O)NCCc1ccccc1. The van der Waals surface area contributed by atoms with Crippen molar-refractivity contribution in [1.29, 1.82) is 5.26 Å². The zero-order valence-corrected chi connectivity index (χ0v) is 12.8. The Balaban J connectivity index is 2.63. The second kappa shape index (κ2) is 8.80. The van der Waals surface area contributed by atoms with E-state index >= 15 is 0 Å². The van der Waals surface area contributed by atoms with Gasteiger partial charge in [-0.3, -0.25) is 9.59 Å². The minimum Gasteiger partial charge on any atom is -0.464 e. The van der Waals surface area contributed by atoms with Crippen molar-refractivity contribution in [1.82, 2.24) is 5.32 Å². The molecular weight excluding hydrogens is 284 g/mol. The zero-order valence-electron chi connectivity index (χ0n) is 12.8. The van der Waals surface area contributed by atoms with Crippen LogP contribution in [0.3, 0.4) is 0 Å². The van der Waals surface area contributed by atoms with E-state index in [-0.39, 0.29) is 13.2 Å². The molecular formula is C16H20N2O4. The van der Waals surface area contributed by atoms with E-state index in [0.717, 1.165) is 5.56 Å². The number of nitriles is 1. The summed E-state index contributed by atoms with van der Waals surface area (Å²) in [6, 6.07) is 11.6. The first-order chi connectivity index (χ1) is 10.5. The molecule has 1 amide bonds. The van der Waals surface area contributed by atoms with Crippen molar-refractivity contribution in [2.75, 3.05) is 26.9 Å². The molecule has 118 valence electrons. The van der Waals surface area contributed by atoms with Gasteiger partial charge in [0.25, 0.3) is 0 Å². The zero-order chi connectivity index (χ0) is 16.4. The maximum absolute atomic E-state index is 12.3. The molecule has 22 heavy (non-hydrogen) atoms. The Morgan fingerprint density at radius 3 is 2.50 bits per heavy atom. The fourth-order valence-electron chi connectivity index (χ4n) is 1.89. The van der Waals surface area contributed by atoms with Gasteiger partial charge in [0.2, 0.25) is 5.91 Å². The summed E-state index contributed by atoms with van der Waals surface area (Å²) in [5, 5.41) is 12.0. The molecule has 0 heterocycles. The normalized spacial score (nSPS) is 12.8. The first-order valence-electron chi connectivity index (χ1n) is 6.90.